The number of aromatic nitrogens is 3. The number of hydrogen-bond donors (Lipinski definition) is 0. The predicted octanol–water partition coefficient (Wildman–Crippen LogP) is 4.04. The number of rotatable bonds is 5. The normalized spacial score (nSPS) is 17.7. The van der Waals surface area contributed by atoms with Crippen LogP contribution in [0.3, 0.4) is 0 Å². The Morgan fingerprint density at radius 1 is 1.31 bits per heavy atom. The molecule has 2 atom stereocenters. The molecule has 2 aromatic heterocycles. The number of esters is 1. The highest BCUT2D eigenvalue weighted by Crippen LogP contribution is 2.36. The summed E-state index contributed by atoms with van der Waals surface area (Å²) in [6, 6.07) is 1.28. The van der Waals surface area contributed by atoms with Gasteiger partial charge in [0.15, 0.2) is 0 Å². The standard InChI is InChI=1S/C19H21F4N3O3/c1-10(2)26-15-7-11(17(27)28-3)4-5-14(15)16(25-26)12-6-13(9-24-8-12)29-18(20)19(21,22)23/h6,8-11,18H,4-5,7H2,1-3H3/t11-,18?/m1/s1. The molecule has 0 saturated heterocycles. The van der Waals surface area contributed by atoms with E-state index in [1.807, 2.05) is 13.8 Å². The van der Waals surface area contributed by atoms with E-state index in [1.165, 1.54) is 19.4 Å². The topological polar surface area (TPSA) is 66.2 Å². The third-order valence-corrected chi connectivity index (χ3v) is 4.81. The first-order chi connectivity index (χ1) is 13.6. The van der Waals surface area contributed by atoms with Gasteiger partial charge in [-0.3, -0.25) is 14.5 Å². The van der Waals surface area contributed by atoms with Gasteiger partial charge in [0.25, 0.3) is 0 Å². The summed E-state index contributed by atoms with van der Waals surface area (Å²) in [5.74, 6) is -0.906. The van der Waals surface area contributed by atoms with Crippen LogP contribution in [0.2, 0.25) is 0 Å². The van der Waals surface area contributed by atoms with Gasteiger partial charge in [-0.1, -0.05) is 0 Å². The van der Waals surface area contributed by atoms with E-state index in [2.05, 4.69) is 14.8 Å². The molecule has 29 heavy (non-hydrogen) atoms. The second kappa shape index (κ2) is 8.00. The Hall–Kier alpha value is -2.65. The molecule has 0 radical (unpaired) electrons. The number of pyridine rings is 1. The molecule has 0 fully saturated rings. The van der Waals surface area contributed by atoms with Gasteiger partial charge in [-0.15, -0.1) is 0 Å². The Kier molecular flexibility index (Phi) is 5.81. The summed E-state index contributed by atoms with van der Waals surface area (Å²) < 4.78 is 61.5. The number of alkyl halides is 4. The molecule has 1 aliphatic rings. The minimum atomic E-state index is -5.13. The first-order valence-electron chi connectivity index (χ1n) is 9.12. The molecule has 0 N–H and O–H groups in total. The highest BCUT2D eigenvalue weighted by molar-refractivity contribution is 5.74. The number of carbonyl (C=O) groups is 1. The number of halogens is 4. The smallest absolute Gasteiger partial charge is 0.457 e. The molecule has 2 aromatic rings. The molecule has 3 rings (SSSR count). The quantitative estimate of drug-likeness (QED) is 0.545. The number of carbonyl (C=O) groups excluding carboxylic acids is 1. The van der Waals surface area contributed by atoms with Crippen molar-refractivity contribution in [2.24, 2.45) is 5.92 Å². The van der Waals surface area contributed by atoms with E-state index in [0.717, 1.165) is 17.5 Å². The van der Waals surface area contributed by atoms with Crippen LogP contribution in [0.1, 0.15) is 37.6 Å². The predicted molar refractivity (Wildman–Crippen MR) is 95.0 cm³/mol. The Bertz CT molecular complexity index is 895. The van der Waals surface area contributed by atoms with Crippen molar-refractivity contribution in [2.45, 2.75) is 51.7 Å². The van der Waals surface area contributed by atoms with Gasteiger partial charge in [0, 0.05) is 35.5 Å². The SMILES string of the molecule is COC(=O)[C@@H]1CCc2c(-c3cncc(OC(F)C(F)(F)F)c3)nn(C(C)C)c2C1. The molecule has 0 spiro atoms. The van der Waals surface area contributed by atoms with Crippen molar-refractivity contribution < 1.29 is 31.8 Å². The van der Waals surface area contributed by atoms with Crippen molar-refractivity contribution in [3.05, 3.63) is 29.7 Å². The van der Waals surface area contributed by atoms with Gasteiger partial charge in [-0.2, -0.15) is 22.7 Å². The minimum absolute atomic E-state index is 0.00161. The van der Waals surface area contributed by atoms with Crippen LogP contribution in [0.4, 0.5) is 17.6 Å². The second-order valence-electron chi connectivity index (χ2n) is 7.16. The van der Waals surface area contributed by atoms with Gasteiger partial charge in [0.1, 0.15) is 5.75 Å². The van der Waals surface area contributed by atoms with E-state index < -0.39 is 12.5 Å². The summed E-state index contributed by atoms with van der Waals surface area (Å²) in [6.07, 6.45) is -4.54. The Morgan fingerprint density at radius 3 is 2.66 bits per heavy atom. The maximum atomic E-state index is 13.2. The maximum absolute atomic E-state index is 13.2. The molecule has 6 nitrogen and oxygen atoms in total. The monoisotopic (exact) mass is 415 g/mol. The van der Waals surface area contributed by atoms with Crippen molar-refractivity contribution in [1.29, 1.82) is 0 Å². The van der Waals surface area contributed by atoms with Crippen LogP contribution >= 0.6 is 0 Å². The van der Waals surface area contributed by atoms with Crippen LogP contribution in [-0.4, -0.2) is 40.4 Å². The van der Waals surface area contributed by atoms with Gasteiger partial charge in [-0.05, 0) is 32.8 Å². The number of nitrogens with zero attached hydrogens (tertiary/aromatic N) is 3. The lowest BCUT2D eigenvalue weighted by atomic mass is 9.86. The molecule has 1 unspecified atom stereocenters. The fraction of sp³-hybridized carbons (Fsp3) is 0.526. The van der Waals surface area contributed by atoms with Crippen molar-refractivity contribution in [3.8, 4) is 17.0 Å². The van der Waals surface area contributed by atoms with Crippen molar-refractivity contribution in [1.82, 2.24) is 14.8 Å². The van der Waals surface area contributed by atoms with Crippen LogP contribution in [0.15, 0.2) is 18.5 Å². The van der Waals surface area contributed by atoms with Crippen LogP contribution < -0.4 is 4.74 Å². The molecule has 0 bridgehead atoms. The minimum Gasteiger partial charge on any atom is -0.469 e. The van der Waals surface area contributed by atoms with Gasteiger partial charge in [-0.25, -0.2) is 0 Å². The zero-order chi connectivity index (χ0) is 21.3. The summed E-state index contributed by atoms with van der Waals surface area (Å²) in [7, 11) is 1.35. The lowest BCUT2D eigenvalue weighted by Crippen LogP contribution is -2.29. The largest absolute Gasteiger partial charge is 0.469 e. The van der Waals surface area contributed by atoms with Crippen LogP contribution in [0.5, 0.6) is 5.75 Å². The highest BCUT2D eigenvalue weighted by Gasteiger charge is 2.42. The summed E-state index contributed by atoms with van der Waals surface area (Å²) in [5, 5.41) is 4.60. The Balaban J connectivity index is 1.96. The molecule has 10 heteroatoms. The van der Waals surface area contributed by atoms with Crippen LogP contribution in [-0.2, 0) is 22.4 Å². The van der Waals surface area contributed by atoms with Gasteiger partial charge < -0.3 is 9.47 Å². The van der Waals surface area contributed by atoms with E-state index in [0.29, 0.717) is 30.5 Å². The number of fused-ring (bicyclic) bond motifs is 1. The average Bonchev–Trinajstić information content (AvgIpc) is 3.06. The van der Waals surface area contributed by atoms with E-state index >= 15 is 0 Å². The van der Waals surface area contributed by atoms with E-state index in [1.54, 1.807) is 4.68 Å². The zero-order valence-corrected chi connectivity index (χ0v) is 16.2. The molecule has 158 valence electrons. The van der Waals surface area contributed by atoms with Crippen molar-refractivity contribution in [2.75, 3.05) is 7.11 Å². The average molecular weight is 415 g/mol. The van der Waals surface area contributed by atoms with Gasteiger partial charge in [0.05, 0.1) is 24.9 Å². The maximum Gasteiger partial charge on any atom is 0.457 e. The molecule has 0 amide bonds. The third-order valence-electron chi connectivity index (χ3n) is 4.81. The molecular formula is C19H21F4N3O3. The third kappa shape index (κ3) is 4.35. The number of methoxy groups -OCH3 is 1. The molecule has 1 aliphatic carbocycles. The molecule has 0 saturated carbocycles. The summed E-state index contributed by atoms with van der Waals surface area (Å²) in [5.41, 5.74) is 2.73. The lowest BCUT2D eigenvalue weighted by Gasteiger charge is -2.22. The lowest BCUT2D eigenvalue weighted by molar-refractivity contribution is -0.236. The van der Waals surface area contributed by atoms with E-state index in [9.17, 15) is 22.4 Å². The first kappa shape index (κ1) is 21.1. The fourth-order valence-corrected chi connectivity index (χ4v) is 3.46. The summed E-state index contributed by atoms with van der Waals surface area (Å²) in [6.45, 7) is 3.88. The zero-order valence-electron chi connectivity index (χ0n) is 16.2. The second-order valence-corrected chi connectivity index (χ2v) is 7.16. The van der Waals surface area contributed by atoms with Gasteiger partial charge >= 0.3 is 18.5 Å². The Morgan fingerprint density at radius 2 is 2.03 bits per heavy atom. The van der Waals surface area contributed by atoms with Gasteiger partial charge in [0.2, 0.25) is 0 Å². The molecule has 0 aromatic carbocycles. The molecule has 2 heterocycles. The van der Waals surface area contributed by atoms with Crippen LogP contribution in [0, 0.1) is 5.92 Å². The highest BCUT2D eigenvalue weighted by atomic mass is 19.4. The molecular weight excluding hydrogens is 394 g/mol. The summed E-state index contributed by atoms with van der Waals surface area (Å²) >= 11 is 0. The number of ether oxygens (including phenoxy) is 2. The molecule has 0 aliphatic heterocycles. The Labute approximate surface area is 164 Å². The van der Waals surface area contributed by atoms with Crippen LogP contribution in [0.25, 0.3) is 11.3 Å². The van der Waals surface area contributed by atoms with Crippen molar-refractivity contribution in [3.63, 3.8) is 0 Å². The first-order valence-corrected chi connectivity index (χ1v) is 9.12. The van der Waals surface area contributed by atoms with E-state index in [-0.39, 0.29) is 23.7 Å². The summed E-state index contributed by atoms with van der Waals surface area (Å²) in [4.78, 5) is 15.8. The number of hydrogen-bond acceptors (Lipinski definition) is 5. The van der Waals surface area contributed by atoms with E-state index in [4.69, 9.17) is 4.74 Å². The fourth-order valence-electron chi connectivity index (χ4n) is 3.46. The van der Waals surface area contributed by atoms with Crippen molar-refractivity contribution >= 4 is 5.97 Å².